The van der Waals surface area contributed by atoms with E-state index in [0.717, 1.165) is 117 Å². The van der Waals surface area contributed by atoms with Crippen molar-refractivity contribution in [3.63, 3.8) is 0 Å². The average molecular weight is 1690 g/mol. The van der Waals surface area contributed by atoms with Gasteiger partial charge in [-0.2, -0.15) is 0 Å². The maximum absolute atomic E-state index is 4.97. The van der Waals surface area contributed by atoms with Crippen molar-refractivity contribution in [2.75, 3.05) is 0 Å². The lowest BCUT2D eigenvalue weighted by Crippen LogP contribution is -2.00. The summed E-state index contributed by atoms with van der Waals surface area (Å²) in [5.74, 6) is 7.98. The van der Waals surface area contributed by atoms with E-state index in [9.17, 15) is 0 Å². The molecule has 626 valence electrons. The maximum Gasteiger partial charge on any atom is 0.164 e. The number of aryl methyl sites for hydroxylation is 5. The number of nitrogens with zero attached hydrogens (tertiary/aromatic N) is 13. The summed E-state index contributed by atoms with van der Waals surface area (Å²) in [5, 5.41) is 0. The summed E-state index contributed by atoms with van der Waals surface area (Å²) in [6.45, 7) is 10.5. The van der Waals surface area contributed by atoms with Crippen LogP contribution < -0.4 is 0 Å². The highest BCUT2D eigenvalue weighted by molar-refractivity contribution is 5.82. The molecule has 0 fully saturated rings. The highest BCUT2D eigenvalue weighted by Crippen LogP contribution is 2.37. The fourth-order valence-corrected chi connectivity index (χ4v) is 14.9. The smallest absolute Gasteiger partial charge is 0.164 e. The largest absolute Gasteiger partial charge is 0.256 e. The Morgan fingerprint density at radius 3 is 0.527 bits per heavy atom. The molecule has 0 aliphatic carbocycles. The van der Waals surface area contributed by atoms with Gasteiger partial charge in [0.15, 0.2) is 69.9 Å². The van der Waals surface area contributed by atoms with E-state index in [4.69, 9.17) is 64.8 Å². The van der Waals surface area contributed by atoms with Crippen molar-refractivity contribution in [1.29, 1.82) is 0 Å². The Bertz CT molecular complexity index is 7100. The van der Waals surface area contributed by atoms with E-state index in [2.05, 4.69) is 211 Å². The van der Waals surface area contributed by atoms with Gasteiger partial charge in [0, 0.05) is 84.1 Å². The van der Waals surface area contributed by atoms with Gasteiger partial charge in [0.25, 0.3) is 0 Å². The molecular weight excluding hydrogens is 1600 g/mol. The monoisotopic (exact) mass is 1690 g/mol. The van der Waals surface area contributed by atoms with E-state index in [1.54, 1.807) is 0 Å². The molecule has 0 spiro atoms. The van der Waals surface area contributed by atoms with E-state index in [1.165, 1.54) is 33.4 Å². The van der Waals surface area contributed by atoms with Gasteiger partial charge in [0.2, 0.25) is 0 Å². The Labute approximate surface area is 763 Å². The molecule has 21 rings (SSSR count). The molecule has 21 aromatic rings. The van der Waals surface area contributed by atoms with Crippen LogP contribution >= 0.6 is 0 Å². The van der Waals surface area contributed by atoms with Crippen molar-refractivity contribution < 1.29 is 0 Å². The Balaban J connectivity index is 0.000000119. The van der Waals surface area contributed by atoms with E-state index >= 15 is 0 Å². The highest BCUT2D eigenvalue weighted by atomic mass is 15.1. The van der Waals surface area contributed by atoms with Crippen molar-refractivity contribution >= 4 is 0 Å². The molecule has 0 bridgehead atoms. The van der Waals surface area contributed by atoms with Crippen LogP contribution in [0.3, 0.4) is 0 Å². The molecule has 5 heterocycles. The minimum absolute atomic E-state index is 0.638. The predicted octanol–water partition coefficient (Wildman–Crippen LogP) is 28.8. The molecule has 16 aromatic carbocycles. The average Bonchev–Trinajstić information content (AvgIpc) is 0.791. The Morgan fingerprint density at radius 1 is 0.115 bits per heavy atom. The molecule has 0 radical (unpaired) electrons. The molecule has 0 N–H and O–H groups in total. The van der Waals surface area contributed by atoms with Gasteiger partial charge in [-0.3, -0.25) is 4.98 Å². The fraction of sp³-hybridized carbons (Fsp3) is 0.0424. The van der Waals surface area contributed by atoms with Crippen LogP contribution in [0.5, 0.6) is 0 Å². The van der Waals surface area contributed by atoms with Crippen LogP contribution in [0, 0.1) is 34.6 Å². The Morgan fingerprint density at radius 2 is 0.282 bits per heavy atom. The van der Waals surface area contributed by atoms with Gasteiger partial charge < -0.3 is 0 Å². The zero-order valence-electron chi connectivity index (χ0n) is 73.0. The van der Waals surface area contributed by atoms with Gasteiger partial charge in [-0.25, -0.2) is 59.8 Å². The van der Waals surface area contributed by atoms with Gasteiger partial charge in [-0.15, -0.1) is 0 Å². The predicted molar refractivity (Wildman–Crippen MR) is 533 cm³/mol. The van der Waals surface area contributed by atoms with Crippen LogP contribution in [0.4, 0.5) is 0 Å². The zero-order chi connectivity index (χ0) is 89.0. The van der Waals surface area contributed by atoms with E-state index in [0.29, 0.717) is 69.9 Å². The fourth-order valence-electron chi connectivity index (χ4n) is 14.9. The zero-order valence-corrected chi connectivity index (χ0v) is 73.0. The first kappa shape index (κ1) is 84.5. The molecule has 0 saturated heterocycles. The third kappa shape index (κ3) is 21.3. The van der Waals surface area contributed by atoms with Gasteiger partial charge in [0.05, 0.1) is 5.69 Å². The van der Waals surface area contributed by atoms with Crippen molar-refractivity contribution in [2.24, 2.45) is 0 Å². The van der Waals surface area contributed by atoms with Crippen LogP contribution in [0.25, 0.3) is 192 Å². The van der Waals surface area contributed by atoms with Crippen LogP contribution in [0.2, 0.25) is 0 Å². The summed E-state index contributed by atoms with van der Waals surface area (Å²) < 4.78 is 0. The summed E-state index contributed by atoms with van der Waals surface area (Å²) in [4.78, 5) is 62.6. The van der Waals surface area contributed by atoms with Gasteiger partial charge in [-0.1, -0.05) is 434 Å². The summed E-state index contributed by atoms with van der Waals surface area (Å²) in [6.07, 6.45) is 1.92. The molecule has 0 atom stereocenters. The number of aromatic nitrogens is 13. The second-order valence-electron chi connectivity index (χ2n) is 31.9. The minimum Gasteiger partial charge on any atom is -0.256 e. The standard InChI is InChI=1S/C35H27N3.C33H24N4.C28H21N3.C22H17N3/c1-24-13-17-26(18-14-24)30-21-31(27-19-15-25(2)16-20-27)23-32(22-30)35-37-33(28-9-5-3-6-10-28)36-34(38-35)29-11-7-4-8-12-29;1-23-15-17-24(18-16-23)30-20-19-29(22-34-30)27-13-8-14-28(21-27)33-36-31(25-9-4-2-5-10-25)35-32(37-33)26-11-6-3-7-12-26;1-20-15-17-21(18-16-20)24-13-8-14-25(19-24)28-30-26(22-9-4-2-5-10-22)29-27(31-28)23-11-6-3-7-12-23;1-16-12-14-19(15-13-16)22-24-20(17-8-4-2-5-9-17)23-21(25-22)18-10-6-3-7-11-18/h3-23H,1-2H3;2-22H,1H3;2-19H,1H3;2-15H,1H3. The number of rotatable bonds is 17. The third-order valence-corrected chi connectivity index (χ3v) is 22.1. The number of hydrogen-bond donors (Lipinski definition) is 0. The van der Waals surface area contributed by atoms with Crippen molar-refractivity contribution in [3.8, 4) is 192 Å². The van der Waals surface area contributed by atoms with Crippen LogP contribution in [0.1, 0.15) is 27.8 Å². The minimum atomic E-state index is 0.638. The molecule has 131 heavy (non-hydrogen) atoms. The number of benzene rings is 16. The lowest BCUT2D eigenvalue weighted by Gasteiger charge is -2.13. The molecule has 0 unspecified atom stereocenters. The first-order chi connectivity index (χ1) is 64.4. The molecule has 0 aliphatic heterocycles. The van der Waals surface area contributed by atoms with Gasteiger partial charge in [0.1, 0.15) is 0 Å². The van der Waals surface area contributed by atoms with Crippen LogP contribution in [0.15, 0.2) is 449 Å². The number of pyridine rings is 1. The SMILES string of the molecule is Cc1ccc(-c2cc(-c3ccc(C)cc3)cc(-c3nc(-c4ccccc4)nc(-c4ccccc4)n3)c2)cc1.Cc1ccc(-c2ccc(-c3cccc(-c4nc(-c5ccccc5)nc(-c5ccccc5)n4)c3)cn2)cc1.Cc1ccc(-c2cccc(-c3nc(-c4ccccc4)nc(-c4ccccc4)n3)c2)cc1.Cc1ccc(-c2nc(-c3ccccc3)nc(-c3ccccc3)n2)cc1. The first-order valence-corrected chi connectivity index (χ1v) is 43.6. The third-order valence-electron chi connectivity index (χ3n) is 22.1. The van der Waals surface area contributed by atoms with Crippen molar-refractivity contribution in [1.82, 2.24) is 64.8 Å². The quantitative estimate of drug-likeness (QED) is 0.0845. The molecular formula is C118H89N13. The first-order valence-electron chi connectivity index (χ1n) is 43.6. The second-order valence-corrected chi connectivity index (χ2v) is 31.9. The molecule has 5 aromatic heterocycles. The highest BCUT2D eigenvalue weighted by Gasteiger charge is 2.20. The van der Waals surface area contributed by atoms with E-state index in [-0.39, 0.29) is 0 Å². The summed E-state index contributed by atoms with van der Waals surface area (Å²) in [6, 6.07) is 150. The summed E-state index contributed by atoms with van der Waals surface area (Å²) in [5.41, 5.74) is 28.8. The summed E-state index contributed by atoms with van der Waals surface area (Å²) in [7, 11) is 0. The lowest BCUT2D eigenvalue weighted by atomic mass is 9.95. The van der Waals surface area contributed by atoms with Crippen molar-refractivity contribution in [3.05, 3.63) is 477 Å². The van der Waals surface area contributed by atoms with Gasteiger partial charge in [-0.05, 0) is 110 Å². The van der Waals surface area contributed by atoms with Crippen molar-refractivity contribution in [2.45, 2.75) is 34.6 Å². The summed E-state index contributed by atoms with van der Waals surface area (Å²) >= 11 is 0. The molecule has 13 nitrogen and oxygen atoms in total. The van der Waals surface area contributed by atoms with Gasteiger partial charge >= 0.3 is 0 Å². The molecule has 0 amide bonds. The Hall–Kier alpha value is -17.3. The molecule has 0 aliphatic rings. The Kier molecular flexibility index (Phi) is 26.0. The van der Waals surface area contributed by atoms with Crippen LogP contribution in [-0.2, 0) is 0 Å². The number of hydrogen-bond acceptors (Lipinski definition) is 13. The maximum atomic E-state index is 4.97. The van der Waals surface area contributed by atoms with Crippen LogP contribution in [-0.4, -0.2) is 64.8 Å². The molecule has 13 heteroatoms. The molecule has 0 saturated carbocycles. The van der Waals surface area contributed by atoms with E-state index in [1.807, 2.05) is 273 Å². The van der Waals surface area contributed by atoms with E-state index < -0.39 is 0 Å². The normalized spacial score (nSPS) is 10.8. The second kappa shape index (κ2) is 40.3. The lowest BCUT2D eigenvalue weighted by molar-refractivity contribution is 1.07. The topological polar surface area (TPSA) is 168 Å².